The maximum atomic E-state index is 14.1. The van der Waals surface area contributed by atoms with Crippen molar-refractivity contribution in [2.75, 3.05) is 5.32 Å². The molecule has 4 rings (SSSR count). The highest BCUT2D eigenvalue weighted by atomic mass is 79.9. The Balaban J connectivity index is 1.84. The molecule has 0 spiro atoms. The van der Waals surface area contributed by atoms with Gasteiger partial charge in [0.05, 0.1) is 16.7 Å². The van der Waals surface area contributed by atoms with Crippen LogP contribution in [0.4, 0.5) is 10.1 Å². The van der Waals surface area contributed by atoms with E-state index in [9.17, 15) is 14.0 Å². The standard InChI is InChI=1S/C21H15BrFN3O2/c1-11-8-18(14-9-12(22)6-7-17(14)24-11)25-21(28)15-10-26(2)19-13(20(15)27)4-3-5-16(19)23/h3-10H,1-2H3,(H,24,25,28). The lowest BCUT2D eigenvalue weighted by Crippen LogP contribution is -2.24. The monoisotopic (exact) mass is 439 g/mol. The number of hydrogen-bond donors (Lipinski definition) is 1. The molecule has 7 heteroatoms. The van der Waals surface area contributed by atoms with E-state index in [4.69, 9.17) is 0 Å². The molecule has 0 aliphatic rings. The van der Waals surface area contributed by atoms with Crippen molar-refractivity contribution in [1.82, 2.24) is 9.55 Å². The van der Waals surface area contributed by atoms with Crippen molar-refractivity contribution in [1.29, 1.82) is 0 Å². The van der Waals surface area contributed by atoms with E-state index >= 15 is 0 Å². The molecule has 2 aromatic heterocycles. The maximum Gasteiger partial charge on any atom is 0.261 e. The summed E-state index contributed by atoms with van der Waals surface area (Å²) in [7, 11) is 1.60. The highest BCUT2D eigenvalue weighted by Gasteiger charge is 2.17. The summed E-state index contributed by atoms with van der Waals surface area (Å²) in [6, 6.07) is 11.6. The van der Waals surface area contributed by atoms with Crippen molar-refractivity contribution in [3.05, 3.63) is 80.4 Å². The van der Waals surface area contributed by atoms with Gasteiger partial charge >= 0.3 is 0 Å². The molecular formula is C21H15BrFN3O2. The lowest BCUT2D eigenvalue weighted by molar-refractivity contribution is 0.102. The first-order valence-electron chi connectivity index (χ1n) is 8.51. The van der Waals surface area contributed by atoms with Crippen molar-refractivity contribution >= 4 is 49.3 Å². The molecule has 4 aromatic rings. The number of carbonyl (C=O) groups excluding carboxylic acids is 1. The molecule has 0 radical (unpaired) electrons. The fraction of sp³-hybridized carbons (Fsp3) is 0.0952. The molecule has 2 heterocycles. The van der Waals surface area contributed by atoms with Gasteiger partial charge < -0.3 is 9.88 Å². The first-order chi connectivity index (χ1) is 13.3. The van der Waals surface area contributed by atoms with Crippen LogP contribution in [0.1, 0.15) is 16.1 Å². The van der Waals surface area contributed by atoms with E-state index in [1.54, 1.807) is 13.1 Å². The number of aryl methyl sites for hydroxylation is 2. The average Bonchev–Trinajstić information content (AvgIpc) is 2.65. The zero-order chi connectivity index (χ0) is 20.0. The van der Waals surface area contributed by atoms with Gasteiger partial charge in [-0.1, -0.05) is 22.0 Å². The molecule has 0 saturated carbocycles. The summed E-state index contributed by atoms with van der Waals surface area (Å²) in [5.74, 6) is -1.07. The van der Waals surface area contributed by atoms with Gasteiger partial charge in [-0.05, 0) is 43.3 Å². The van der Waals surface area contributed by atoms with Gasteiger partial charge in [0.15, 0.2) is 0 Å². The molecular weight excluding hydrogens is 425 g/mol. The van der Waals surface area contributed by atoms with Crippen LogP contribution in [-0.2, 0) is 7.05 Å². The Hall–Kier alpha value is -3.06. The van der Waals surface area contributed by atoms with Crippen LogP contribution in [-0.4, -0.2) is 15.5 Å². The molecule has 140 valence electrons. The maximum absolute atomic E-state index is 14.1. The molecule has 0 unspecified atom stereocenters. The van der Waals surface area contributed by atoms with Crippen LogP contribution in [0.15, 0.2) is 57.9 Å². The van der Waals surface area contributed by atoms with Crippen LogP contribution in [0.5, 0.6) is 0 Å². The van der Waals surface area contributed by atoms with E-state index in [1.807, 2.05) is 25.1 Å². The van der Waals surface area contributed by atoms with Crippen molar-refractivity contribution in [2.24, 2.45) is 7.05 Å². The number of hydrogen-bond acceptors (Lipinski definition) is 3. The quantitative estimate of drug-likeness (QED) is 0.498. The SMILES string of the molecule is Cc1cc(NC(=O)c2cn(C)c3c(F)cccc3c2=O)c2cc(Br)ccc2n1. The molecule has 0 atom stereocenters. The topological polar surface area (TPSA) is 64.0 Å². The van der Waals surface area contributed by atoms with Crippen molar-refractivity contribution < 1.29 is 9.18 Å². The third-order valence-corrected chi connectivity index (χ3v) is 5.04. The number of fused-ring (bicyclic) bond motifs is 2. The number of para-hydroxylation sites is 1. The first-order valence-corrected chi connectivity index (χ1v) is 9.30. The minimum atomic E-state index is -0.557. The van der Waals surface area contributed by atoms with E-state index < -0.39 is 17.2 Å². The number of anilines is 1. The fourth-order valence-corrected chi connectivity index (χ4v) is 3.67. The van der Waals surface area contributed by atoms with E-state index in [-0.39, 0.29) is 16.5 Å². The Labute approximate surface area is 168 Å². The predicted octanol–water partition coefficient (Wildman–Crippen LogP) is 4.55. The van der Waals surface area contributed by atoms with Crippen molar-refractivity contribution in [2.45, 2.75) is 6.92 Å². The third-order valence-electron chi connectivity index (χ3n) is 4.54. The van der Waals surface area contributed by atoms with E-state index in [0.717, 1.165) is 21.1 Å². The summed E-state index contributed by atoms with van der Waals surface area (Å²) in [6.45, 7) is 1.83. The Morgan fingerprint density at radius 2 is 1.96 bits per heavy atom. The normalized spacial score (nSPS) is 11.1. The Morgan fingerprint density at radius 3 is 2.75 bits per heavy atom. The lowest BCUT2D eigenvalue weighted by atomic mass is 10.1. The summed E-state index contributed by atoms with van der Waals surface area (Å²) in [5.41, 5.74) is 1.61. The first kappa shape index (κ1) is 18.3. The summed E-state index contributed by atoms with van der Waals surface area (Å²) < 4.78 is 16.4. The highest BCUT2D eigenvalue weighted by Crippen LogP contribution is 2.27. The van der Waals surface area contributed by atoms with Gasteiger partial charge in [0.1, 0.15) is 11.4 Å². The number of pyridine rings is 2. The molecule has 0 aliphatic heterocycles. The van der Waals surface area contributed by atoms with Crippen LogP contribution in [0.2, 0.25) is 0 Å². The minimum Gasteiger partial charge on any atom is -0.347 e. The summed E-state index contributed by atoms with van der Waals surface area (Å²) >= 11 is 3.42. The summed E-state index contributed by atoms with van der Waals surface area (Å²) in [4.78, 5) is 30.2. The Morgan fingerprint density at radius 1 is 1.18 bits per heavy atom. The third kappa shape index (κ3) is 3.07. The van der Waals surface area contributed by atoms with Crippen LogP contribution < -0.4 is 10.7 Å². The summed E-state index contributed by atoms with van der Waals surface area (Å²) in [6.07, 6.45) is 1.36. The van der Waals surface area contributed by atoms with Gasteiger partial charge in [0, 0.05) is 34.2 Å². The molecule has 0 bridgehead atoms. The van der Waals surface area contributed by atoms with Gasteiger partial charge in [-0.3, -0.25) is 14.6 Å². The molecule has 0 saturated heterocycles. The Kier molecular flexibility index (Phi) is 4.47. The average molecular weight is 440 g/mol. The van der Waals surface area contributed by atoms with E-state index in [1.165, 1.54) is 29.0 Å². The van der Waals surface area contributed by atoms with Gasteiger partial charge in [-0.25, -0.2) is 4.39 Å². The number of benzene rings is 2. The number of aromatic nitrogens is 2. The van der Waals surface area contributed by atoms with Crippen molar-refractivity contribution in [3.8, 4) is 0 Å². The number of amides is 1. The highest BCUT2D eigenvalue weighted by molar-refractivity contribution is 9.10. The largest absolute Gasteiger partial charge is 0.347 e. The molecule has 1 amide bonds. The second kappa shape index (κ2) is 6.83. The number of carbonyl (C=O) groups is 1. The number of nitrogens with one attached hydrogen (secondary N) is 1. The van der Waals surface area contributed by atoms with Gasteiger partial charge in [0.2, 0.25) is 5.43 Å². The number of nitrogens with zero attached hydrogens (tertiary/aromatic N) is 2. The van der Waals surface area contributed by atoms with Crippen LogP contribution in [0.25, 0.3) is 21.8 Å². The molecule has 28 heavy (non-hydrogen) atoms. The summed E-state index contributed by atoms with van der Waals surface area (Å²) in [5, 5.41) is 3.72. The van der Waals surface area contributed by atoms with Crippen LogP contribution in [0.3, 0.4) is 0 Å². The van der Waals surface area contributed by atoms with Crippen LogP contribution >= 0.6 is 15.9 Å². The fourth-order valence-electron chi connectivity index (χ4n) is 3.30. The lowest BCUT2D eigenvalue weighted by Gasteiger charge is -2.12. The zero-order valence-electron chi connectivity index (χ0n) is 15.1. The molecule has 2 aromatic carbocycles. The smallest absolute Gasteiger partial charge is 0.261 e. The van der Waals surface area contributed by atoms with Crippen LogP contribution in [0, 0.1) is 12.7 Å². The van der Waals surface area contributed by atoms with E-state index in [0.29, 0.717) is 5.69 Å². The minimum absolute atomic E-state index is 0.0572. The number of rotatable bonds is 2. The number of halogens is 2. The molecule has 0 fully saturated rings. The van der Waals surface area contributed by atoms with E-state index in [2.05, 4.69) is 26.2 Å². The Bertz CT molecular complexity index is 1330. The van der Waals surface area contributed by atoms with Gasteiger partial charge in [0.25, 0.3) is 5.91 Å². The molecule has 0 aliphatic carbocycles. The van der Waals surface area contributed by atoms with Gasteiger partial charge in [-0.15, -0.1) is 0 Å². The predicted molar refractivity (Wildman–Crippen MR) is 111 cm³/mol. The van der Waals surface area contributed by atoms with Crippen molar-refractivity contribution in [3.63, 3.8) is 0 Å². The second-order valence-corrected chi connectivity index (χ2v) is 7.46. The molecule has 5 nitrogen and oxygen atoms in total. The van der Waals surface area contributed by atoms with Gasteiger partial charge in [-0.2, -0.15) is 0 Å². The second-order valence-electron chi connectivity index (χ2n) is 6.55. The zero-order valence-corrected chi connectivity index (χ0v) is 16.7. The molecule has 1 N–H and O–H groups in total.